The van der Waals surface area contributed by atoms with Gasteiger partial charge in [-0.1, -0.05) is 31.2 Å². The number of likely N-dealkylation sites (N-methyl/N-ethyl adjacent to an activating group) is 1. The highest BCUT2D eigenvalue weighted by Crippen LogP contribution is 2.12. The maximum atomic E-state index is 10.8. The maximum Gasteiger partial charge on any atom is 0.304 e. The average Bonchev–Trinajstić information content (AvgIpc) is 2.28. The van der Waals surface area contributed by atoms with Crippen molar-refractivity contribution >= 4 is 5.97 Å². The van der Waals surface area contributed by atoms with Crippen LogP contribution < -0.4 is 0 Å². The van der Waals surface area contributed by atoms with Crippen LogP contribution in [-0.4, -0.2) is 36.1 Å². The normalized spacial score (nSPS) is 12.7. The zero-order valence-corrected chi connectivity index (χ0v) is 10.8. The van der Waals surface area contributed by atoms with Crippen molar-refractivity contribution in [3.63, 3.8) is 0 Å². The monoisotopic (exact) mass is 235 g/mol. The molecule has 0 saturated heterocycles. The summed E-state index contributed by atoms with van der Waals surface area (Å²) in [5.74, 6) is -0.742. The van der Waals surface area contributed by atoms with E-state index >= 15 is 0 Å². The van der Waals surface area contributed by atoms with Crippen LogP contribution in [0.3, 0.4) is 0 Å². The van der Waals surface area contributed by atoms with Crippen molar-refractivity contribution in [3.8, 4) is 0 Å². The Hall–Kier alpha value is -1.35. The van der Waals surface area contributed by atoms with E-state index in [-0.39, 0.29) is 12.5 Å². The molecule has 1 atom stereocenters. The highest BCUT2D eigenvalue weighted by molar-refractivity contribution is 5.67. The number of hydrogen-bond donors (Lipinski definition) is 1. The minimum atomic E-state index is -0.742. The minimum Gasteiger partial charge on any atom is -0.481 e. The summed E-state index contributed by atoms with van der Waals surface area (Å²) < 4.78 is 0. The lowest BCUT2D eigenvalue weighted by Crippen LogP contribution is -2.32. The predicted octanol–water partition coefficient (Wildman–Crippen LogP) is 2.20. The second-order valence-corrected chi connectivity index (χ2v) is 4.59. The van der Waals surface area contributed by atoms with E-state index in [0.717, 1.165) is 12.8 Å². The summed E-state index contributed by atoms with van der Waals surface area (Å²) in [6.45, 7) is 2.13. The molecular formula is C14H21NO2. The lowest BCUT2D eigenvalue weighted by molar-refractivity contribution is -0.138. The van der Waals surface area contributed by atoms with Crippen LogP contribution in [0, 0.1) is 0 Å². The molecular weight excluding hydrogens is 214 g/mol. The van der Waals surface area contributed by atoms with Crippen LogP contribution in [0.2, 0.25) is 0 Å². The van der Waals surface area contributed by atoms with Gasteiger partial charge in [-0.05, 0) is 38.1 Å². The zero-order valence-electron chi connectivity index (χ0n) is 10.8. The number of benzene rings is 1. The fraction of sp³-hybridized carbons (Fsp3) is 0.500. The molecule has 1 unspecified atom stereocenters. The number of nitrogens with zero attached hydrogens (tertiary/aromatic N) is 1. The fourth-order valence-electron chi connectivity index (χ4n) is 1.82. The third-order valence-corrected chi connectivity index (χ3v) is 3.04. The third kappa shape index (κ3) is 4.57. The molecule has 0 amide bonds. The van der Waals surface area contributed by atoms with Gasteiger partial charge in [-0.25, -0.2) is 0 Å². The van der Waals surface area contributed by atoms with E-state index < -0.39 is 5.97 Å². The van der Waals surface area contributed by atoms with Gasteiger partial charge in [-0.3, -0.25) is 4.79 Å². The molecule has 0 bridgehead atoms. The Bertz CT molecular complexity index is 357. The fourth-order valence-corrected chi connectivity index (χ4v) is 1.82. The van der Waals surface area contributed by atoms with E-state index in [1.807, 2.05) is 19.0 Å². The molecule has 1 N–H and O–H groups in total. The number of aliphatic carboxylic acids is 1. The summed E-state index contributed by atoms with van der Waals surface area (Å²) in [6.07, 6.45) is 2.00. The molecule has 1 aromatic rings. The first-order valence-corrected chi connectivity index (χ1v) is 5.99. The van der Waals surface area contributed by atoms with E-state index in [1.165, 1.54) is 11.1 Å². The molecule has 0 radical (unpaired) electrons. The van der Waals surface area contributed by atoms with Gasteiger partial charge in [-0.2, -0.15) is 0 Å². The maximum absolute atomic E-state index is 10.8. The van der Waals surface area contributed by atoms with Crippen molar-refractivity contribution in [2.45, 2.75) is 32.2 Å². The summed E-state index contributed by atoms with van der Waals surface area (Å²) >= 11 is 0. The number of rotatable bonds is 6. The van der Waals surface area contributed by atoms with Gasteiger partial charge in [-0.15, -0.1) is 0 Å². The molecule has 0 fully saturated rings. The zero-order chi connectivity index (χ0) is 12.8. The number of carbonyl (C=O) groups is 1. The molecule has 0 aromatic heterocycles. The molecule has 3 heteroatoms. The highest BCUT2D eigenvalue weighted by atomic mass is 16.4. The van der Waals surface area contributed by atoms with Gasteiger partial charge in [0.15, 0.2) is 0 Å². The minimum absolute atomic E-state index is 0.0555. The smallest absolute Gasteiger partial charge is 0.304 e. The number of aryl methyl sites for hydroxylation is 1. The van der Waals surface area contributed by atoms with Crippen molar-refractivity contribution < 1.29 is 9.90 Å². The first-order valence-electron chi connectivity index (χ1n) is 5.99. The summed E-state index contributed by atoms with van der Waals surface area (Å²) in [5.41, 5.74) is 2.51. The highest BCUT2D eigenvalue weighted by Gasteiger charge is 2.15. The van der Waals surface area contributed by atoms with Gasteiger partial charge in [0.1, 0.15) is 0 Å². The van der Waals surface area contributed by atoms with Gasteiger partial charge < -0.3 is 10.0 Å². The van der Waals surface area contributed by atoms with Crippen LogP contribution in [0.4, 0.5) is 0 Å². The Morgan fingerprint density at radius 1 is 1.24 bits per heavy atom. The molecule has 1 aromatic carbocycles. The van der Waals surface area contributed by atoms with Crippen molar-refractivity contribution in [2.75, 3.05) is 14.1 Å². The second-order valence-electron chi connectivity index (χ2n) is 4.59. The third-order valence-electron chi connectivity index (χ3n) is 3.04. The Labute approximate surface area is 103 Å². The van der Waals surface area contributed by atoms with E-state index in [1.54, 1.807) is 0 Å². The van der Waals surface area contributed by atoms with E-state index in [2.05, 4.69) is 31.2 Å². The molecule has 0 aliphatic carbocycles. The first kappa shape index (κ1) is 13.7. The van der Waals surface area contributed by atoms with Crippen LogP contribution in [-0.2, 0) is 17.6 Å². The lowest BCUT2D eigenvalue weighted by Gasteiger charge is -2.22. The van der Waals surface area contributed by atoms with E-state index in [4.69, 9.17) is 5.11 Å². The Morgan fingerprint density at radius 3 is 2.18 bits per heavy atom. The van der Waals surface area contributed by atoms with Crippen LogP contribution in [0.1, 0.15) is 24.5 Å². The number of hydrogen-bond acceptors (Lipinski definition) is 2. The summed E-state index contributed by atoms with van der Waals surface area (Å²) in [6, 6.07) is 8.47. The van der Waals surface area contributed by atoms with E-state index in [0.29, 0.717) is 0 Å². The average molecular weight is 235 g/mol. The number of carboxylic acids is 1. The molecule has 0 spiro atoms. The molecule has 3 nitrogen and oxygen atoms in total. The first-order chi connectivity index (χ1) is 8.02. The van der Waals surface area contributed by atoms with Gasteiger partial charge in [0.05, 0.1) is 6.42 Å². The van der Waals surface area contributed by atoms with Crippen molar-refractivity contribution in [1.82, 2.24) is 4.90 Å². The lowest BCUT2D eigenvalue weighted by atomic mass is 10.0. The second kappa shape index (κ2) is 6.40. The summed E-state index contributed by atoms with van der Waals surface area (Å²) in [4.78, 5) is 12.8. The molecule has 0 heterocycles. The van der Waals surface area contributed by atoms with Crippen LogP contribution in [0.5, 0.6) is 0 Å². The van der Waals surface area contributed by atoms with Gasteiger partial charge in [0.25, 0.3) is 0 Å². The SMILES string of the molecule is CCc1ccc(CC(CC(=O)O)N(C)C)cc1. The summed E-state index contributed by atoms with van der Waals surface area (Å²) in [5, 5.41) is 8.87. The van der Waals surface area contributed by atoms with Crippen molar-refractivity contribution in [2.24, 2.45) is 0 Å². The van der Waals surface area contributed by atoms with Crippen molar-refractivity contribution in [1.29, 1.82) is 0 Å². The van der Waals surface area contributed by atoms with Crippen LogP contribution in [0.15, 0.2) is 24.3 Å². The topological polar surface area (TPSA) is 40.5 Å². The standard InChI is InChI=1S/C14H21NO2/c1-4-11-5-7-12(8-6-11)9-13(15(2)3)10-14(16)17/h5-8,13H,4,9-10H2,1-3H3,(H,16,17). The largest absolute Gasteiger partial charge is 0.481 e. The summed E-state index contributed by atoms with van der Waals surface area (Å²) in [7, 11) is 3.85. The molecule has 1 rings (SSSR count). The van der Waals surface area contributed by atoms with Gasteiger partial charge in [0, 0.05) is 6.04 Å². The predicted molar refractivity (Wildman–Crippen MR) is 69.3 cm³/mol. The molecule has 94 valence electrons. The Balaban J connectivity index is 2.68. The van der Waals surface area contributed by atoms with Gasteiger partial charge in [0.2, 0.25) is 0 Å². The quantitative estimate of drug-likeness (QED) is 0.821. The molecule has 0 aliphatic rings. The Morgan fingerprint density at radius 2 is 1.76 bits per heavy atom. The molecule has 0 saturated carbocycles. The van der Waals surface area contributed by atoms with Crippen LogP contribution in [0.25, 0.3) is 0 Å². The molecule has 17 heavy (non-hydrogen) atoms. The number of carboxylic acid groups (broad SMARTS) is 1. The Kier molecular flexibility index (Phi) is 5.16. The van der Waals surface area contributed by atoms with E-state index in [9.17, 15) is 4.79 Å². The van der Waals surface area contributed by atoms with Crippen LogP contribution >= 0.6 is 0 Å². The molecule has 0 aliphatic heterocycles. The van der Waals surface area contributed by atoms with Gasteiger partial charge >= 0.3 is 5.97 Å². The van der Waals surface area contributed by atoms with Crippen molar-refractivity contribution in [3.05, 3.63) is 35.4 Å².